The standard InChI is InChI=1S/C23H20ClN2/c24-22-13-11-21(12-14-22)23-25(17-19-7-3-1-4-8-19)15-16-26(23)18-20-9-5-2-6-10-20/h1-16H,17-18H2/q+1. The highest BCUT2D eigenvalue weighted by Crippen LogP contribution is 2.20. The molecular weight excluding hydrogens is 340 g/mol. The third kappa shape index (κ3) is 3.71. The molecule has 1 heterocycles. The van der Waals surface area contributed by atoms with Gasteiger partial charge in [-0.25, -0.2) is 9.13 Å². The van der Waals surface area contributed by atoms with Gasteiger partial charge in [-0.05, 0) is 35.4 Å². The highest BCUT2D eigenvalue weighted by molar-refractivity contribution is 6.30. The average Bonchev–Trinajstić information content (AvgIpc) is 3.06. The third-order valence-electron chi connectivity index (χ3n) is 4.46. The Morgan fingerprint density at radius 1 is 0.731 bits per heavy atom. The van der Waals surface area contributed by atoms with E-state index in [9.17, 15) is 0 Å². The molecule has 0 spiro atoms. The third-order valence-corrected chi connectivity index (χ3v) is 4.72. The zero-order valence-electron chi connectivity index (χ0n) is 14.4. The monoisotopic (exact) mass is 359 g/mol. The number of benzene rings is 3. The summed E-state index contributed by atoms with van der Waals surface area (Å²) in [6.07, 6.45) is 4.31. The molecule has 1 aromatic heterocycles. The fraction of sp³-hybridized carbons (Fsp3) is 0.0870. The summed E-state index contributed by atoms with van der Waals surface area (Å²) in [6.45, 7) is 1.67. The number of halogens is 1. The van der Waals surface area contributed by atoms with Crippen molar-refractivity contribution in [3.63, 3.8) is 0 Å². The molecule has 0 bridgehead atoms. The summed E-state index contributed by atoms with van der Waals surface area (Å²) in [6, 6.07) is 29.1. The second-order valence-corrected chi connectivity index (χ2v) is 6.79. The molecule has 0 radical (unpaired) electrons. The van der Waals surface area contributed by atoms with Crippen LogP contribution in [0, 0.1) is 0 Å². The second kappa shape index (κ2) is 7.59. The number of aromatic nitrogens is 2. The molecule has 4 rings (SSSR count). The van der Waals surface area contributed by atoms with Crippen LogP contribution in [-0.2, 0) is 13.1 Å². The summed E-state index contributed by atoms with van der Waals surface area (Å²) in [5, 5.41) is 0.754. The van der Waals surface area contributed by atoms with Gasteiger partial charge in [0.15, 0.2) is 0 Å². The zero-order valence-corrected chi connectivity index (χ0v) is 15.2. The Bertz CT molecular complexity index is 915. The first-order valence-corrected chi connectivity index (χ1v) is 9.10. The minimum atomic E-state index is 0.754. The van der Waals surface area contributed by atoms with Crippen LogP contribution < -0.4 is 4.57 Å². The van der Waals surface area contributed by atoms with Gasteiger partial charge in [0.25, 0.3) is 5.82 Å². The van der Waals surface area contributed by atoms with Crippen LogP contribution in [0.25, 0.3) is 11.4 Å². The summed E-state index contributed by atoms with van der Waals surface area (Å²) in [5.74, 6) is 1.18. The largest absolute Gasteiger partial charge is 0.289 e. The van der Waals surface area contributed by atoms with E-state index in [1.165, 1.54) is 17.0 Å². The molecule has 2 nitrogen and oxygen atoms in total. The maximum absolute atomic E-state index is 6.10. The molecule has 0 aliphatic heterocycles. The quantitative estimate of drug-likeness (QED) is 0.433. The zero-order chi connectivity index (χ0) is 17.8. The van der Waals surface area contributed by atoms with E-state index in [1.54, 1.807) is 0 Å². The van der Waals surface area contributed by atoms with Crippen molar-refractivity contribution >= 4 is 11.6 Å². The van der Waals surface area contributed by atoms with E-state index < -0.39 is 0 Å². The van der Waals surface area contributed by atoms with Crippen LogP contribution >= 0.6 is 11.6 Å². The Labute approximate surface area is 158 Å². The van der Waals surface area contributed by atoms with E-state index in [1.807, 2.05) is 12.1 Å². The van der Waals surface area contributed by atoms with E-state index in [2.05, 4.69) is 94.3 Å². The maximum Gasteiger partial charge on any atom is 0.289 e. The minimum Gasteiger partial charge on any atom is -0.226 e. The molecule has 3 heteroatoms. The number of rotatable bonds is 5. The fourth-order valence-corrected chi connectivity index (χ4v) is 3.34. The van der Waals surface area contributed by atoms with Crippen molar-refractivity contribution in [1.82, 2.24) is 4.57 Å². The van der Waals surface area contributed by atoms with Crippen LogP contribution in [0.1, 0.15) is 11.1 Å². The first kappa shape index (κ1) is 16.6. The molecule has 0 atom stereocenters. The summed E-state index contributed by atoms with van der Waals surface area (Å²) >= 11 is 6.10. The molecule has 0 aliphatic carbocycles. The second-order valence-electron chi connectivity index (χ2n) is 6.36. The van der Waals surface area contributed by atoms with Gasteiger partial charge in [-0.2, -0.15) is 0 Å². The van der Waals surface area contributed by atoms with Crippen molar-refractivity contribution in [1.29, 1.82) is 0 Å². The molecule has 0 aliphatic rings. The predicted octanol–water partition coefficient (Wildman–Crippen LogP) is 5.19. The average molecular weight is 360 g/mol. The van der Waals surface area contributed by atoms with Crippen molar-refractivity contribution in [2.45, 2.75) is 13.1 Å². The minimum absolute atomic E-state index is 0.754. The van der Waals surface area contributed by atoms with Crippen molar-refractivity contribution in [3.05, 3.63) is 113 Å². The molecule has 0 amide bonds. The van der Waals surface area contributed by atoms with E-state index >= 15 is 0 Å². The van der Waals surface area contributed by atoms with Gasteiger partial charge in [0.05, 0.1) is 5.56 Å². The lowest BCUT2D eigenvalue weighted by atomic mass is 10.1. The Kier molecular flexibility index (Phi) is 4.85. The van der Waals surface area contributed by atoms with Crippen LogP contribution in [0.2, 0.25) is 5.02 Å². The highest BCUT2D eigenvalue weighted by Gasteiger charge is 2.20. The molecule has 3 aromatic carbocycles. The van der Waals surface area contributed by atoms with Crippen LogP contribution in [0.3, 0.4) is 0 Å². The van der Waals surface area contributed by atoms with Gasteiger partial charge in [-0.15, -0.1) is 0 Å². The van der Waals surface area contributed by atoms with E-state index in [0.717, 1.165) is 23.7 Å². The SMILES string of the molecule is Clc1ccc(-c2n(Cc3ccccc3)cc[n+]2Cc2ccccc2)cc1. The van der Waals surface area contributed by atoms with Crippen molar-refractivity contribution in [3.8, 4) is 11.4 Å². The Morgan fingerprint density at radius 2 is 1.35 bits per heavy atom. The van der Waals surface area contributed by atoms with Crippen LogP contribution in [0.15, 0.2) is 97.3 Å². The number of nitrogens with zero attached hydrogens (tertiary/aromatic N) is 2. The first-order chi connectivity index (χ1) is 12.8. The van der Waals surface area contributed by atoms with Gasteiger partial charge in [-0.3, -0.25) is 0 Å². The van der Waals surface area contributed by atoms with E-state index in [4.69, 9.17) is 11.6 Å². The molecule has 26 heavy (non-hydrogen) atoms. The van der Waals surface area contributed by atoms with Gasteiger partial charge < -0.3 is 0 Å². The normalized spacial score (nSPS) is 10.8. The molecule has 0 N–H and O–H groups in total. The Morgan fingerprint density at radius 3 is 2.00 bits per heavy atom. The van der Waals surface area contributed by atoms with Gasteiger partial charge in [0, 0.05) is 5.02 Å². The predicted molar refractivity (Wildman–Crippen MR) is 106 cm³/mol. The lowest BCUT2D eigenvalue weighted by Crippen LogP contribution is -2.35. The topological polar surface area (TPSA) is 8.81 Å². The first-order valence-electron chi connectivity index (χ1n) is 8.72. The van der Waals surface area contributed by atoms with E-state index in [-0.39, 0.29) is 0 Å². The van der Waals surface area contributed by atoms with Crippen molar-refractivity contribution in [2.24, 2.45) is 0 Å². The highest BCUT2D eigenvalue weighted by atomic mass is 35.5. The number of hydrogen-bond donors (Lipinski definition) is 0. The smallest absolute Gasteiger partial charge is 0.226 e. The van der Waals surface area contributed by atoms with Gasteiger partial charge >= 0.3 is 0 Å². The molecular formula is C23H20ClN2+. The molecule has 0 saturated carbocycles. The molecule has 0 unspecified atom stereocenters. The summed E-state index contributed by atoms with van der Waals surface area (Å²) in [4.78, 5) is 0. The van der Waals surface area contributed by atoms with Gasteiger partial charge in [-0.1, -0.05) is 72.3 Å². The maximum atomic E-state index is 6.10. The summed E-state index contributed by atoms with van der Waals surface area (Å²) in [5.41, 5.74) is 3.72. The lowest BCUT2D eigenvalue weighted by Gasteiger charge is -2.06. The van der Waals surface area contributed by atoms with Gasteiger partial charge in [0.2, 0.25) is 0 Å². The van der Waals surface area contributed by atoms with Crippen LogP contribution in [-0.4, -0.2) is 4.57 Å². The van der Waals surface area contributed by atoms with Gasteiger partial charge in [0.1, 0.15) is 25.5 Å². The van der Waals surface area contributed by atoms with Crippen molar-refractivity contribution in [2.75, 3.05) is 0 Å². The molecule has 0 fully saturated rings. The lowest BCUT2D eigenvalue weighted by molar-refractivity contribution is -0.676. The number of imidazole rings is 1. The Balaban J connectivity index is 1.75. The van der Waals surface area contributed by atoms with Crippen molar-refractivity contribution < 1.29 is 4.57 Å². The summed E-state index contributed by atoms with van der Waals surface area (Å²) in [7, 11) is 0. The molecule has 0 saturated heterocycles. The molecule has 128 valence electrons. The van der Waals surface area contributed by atoms with Crippen LogP contribution in [0.4, 0.5) is 0 Å². The summed E-state index contributed by atoms with van der Waals surface area (Å²) < 4.78 is 4.59. The molecule has 4 aromatic rings. The Hall–Kier alpha value is -2.84. The van der Waals surface area contributed by atoms with Crippen LogP contribution in [0.5, 0.6) is 0 Å². The number of hydrogen-bond acceptors (Lipinski definition) is 0. The van der Waals surface area contributed by atoms with E-state index in [0.29, 0.717) is 0 Å². The fourth-order valence-electron chi connectivity index (χ4n) is 3.21.